The number of rotatable bonds is 6. The van der Waals surface area contributed by atoms with Crippen LogP contribution in [0.25, 0.3) is 0 Å². The molecule has 1 aliphatic rings. The van der Waals surface area contributed by atoms with Gasteiger partial charge >= 0.3 is 6.03 Å². The van der Waals surface area contributed by atoms with Gasteiger partial charge in [-0.3, -0.25) is 10.1 Å². The second kappa shape index (κ2) is 6.89. The smallest absolute Gasteiger partial charge is 0.318 e. The van der Waals surface area contributed by atoms with Gasteiger partial charge in [0, 0.05) is 6.54 Å². The van der Waals surface area contributed by atoms with Crippen LogP contribution in [0.2, 0.25) is 0 Å². The summed E-state index contributed by atoms with van der Waals surface area (Å²) in [5.74, 6) is 0.305. The van der Waals surface area contributed by atoms with Gasteiger partial charge in [0.2, 0.25) is 5.91 Å². The fourth-order valence-corrected chi connectivity index (χ4v) is 3.14. The lowest BCUT2D eigenvalue weighted by atomic mass is 9.78. The number of carbonyl (C=O) groups is 2. The van der Waals surface area contributed by atoms with Gasteiger partial charge in [0.1, 0.15) is 0 Å². The first-order valence-electron chi connectivity index (χ1n) is 7.18. The minimum atomic E-state index is -0.795. The van der Waals surface area contributed by atoms with Gasteiger partial charge in [-0.1, -0.05) is 26.7 Å². The molecule has 1 fully saturated rings. The van der Waals surface area contributed by atoms with Crippen LogP contribution in [0.3, 0.4) is 0 Å². The molecule has 5 nitrogen and oxygen atoms in total. The molecule has 0 saturated heterocycles. The van der Waals surface area contributed by atoms with E-state index < -0.39 is 12.1 Å². The second-order valence-corrected chi connectivity index (χ2v) is 6.26. The molecule has 1 rings (SSSR count). The largest absolute Gasteiger partial charge is 0.351 e. The third kappa shape index (κ3) is 5.19. The Bertz CT molecular complexity index is 323. The molecule has 1 aliphatic carbocycles. The third-order valence-corrected chi connectivity index (χ3v) is 3.93. The van der Waals surface area contributed by atoms with E-state index in [0.29, 0.717) is 11.3 Å². The zero-order chi connectivity index (χ0) is 14.5. The average Bonchev–Trinajstić information content (AvgIpc) is 2.73. The van der Waals surface area contributed by atoms with Crippen LogP contribution >= 0.6 is 0 Å². The number of urea groups is 1. The second-order valence-electron chi connectivity index (χ2n) is 6.26. The number of hydrogen-bond donors (Lipinski definition) is 3. The van der Waals surface area contributed by atoms with Crippen LogP contribution < -0.4 is 16.4 Å². The molecule has 4 N–H and O–H groups in total. The van der Waals surface area contributed by atoms with E-state index in [1.165, 1.54) is 32.1 Å². The standard InChI is InChI=1S/C14H27N3O2/c1-10(2)8-14(6-4-5-7-14)9-16-11(3)12(18)17-13(15)19/h10-11,16H,4-9H2,1-3H3,(H3,15,17,18,19). The summed E-state index contributed by atoms with van der Waals surface area (Å²) in [5, 5.41) is 5.36. The Morgan fingerprint density at radius 3 is 2.26 bits per heavy atom. The van der Waals surface area contributed by atoms with Crippen molar-refractivity contribution in [3.05, 3.63) is 0 Å². The molecule has 0 heterocycles. The molecule has 0 spiro atoms. The van der Waals surface area contributed by atoms with Gasteiger partial charge in [-0.2, -0.15) is 0 Å². The maximum atomic E-state index is 11.6. The summed E-state index contributed by atoms with van der Waals surface area (Å²) in [7, 11) is 0. The van der Waals surface area contributed by atoms with Crippen molar-refractivity contribution in [1.29, 1.82) is 0 Å². The molecule has 110 valence electrons. The Labute approximate surface area is 115 Å². The monoisotopic (exact) mass is 269 g/mol. The van der Waals surface area contributed by atoms with E-state index in [0.717, 1.165) is 6.54 Å². The predicted octanol–water partition coefficient (Wildman–Crippen LogP) is 1.77. The van der Waals surface area contributed by atoms with Crippen LogP contribution in [0.4, 0.5) is 4.79 Å². The zero-order valence-corrected chi connectivity index (χ0v) is 12.3. The van der Waals surface area contributed by atoms with E-state index >= 15 is 0 Å². The Kier molecular flexibility index (Phi) is 5.79. The van der Waals surface area contributed by atoms with E-state index in [-0.39, 0.29) is 5.91 Å². The lowest BCUT2D eigenvalue weighted by molar-refractivity contribution is -0.121. The number of carbonyl (C=O) groups excluding carboxylic acids is 2. The third-order valence-electron chi connectivity index (χ3n) is 3.93. The van der Waals surface area contributed by atoms with Crippen LogP contribution in [0.15, 0.2) is 0 Å². The van der Waals surface area contributed by atoms with Crippen LogP contribution in [0, 0.1) is 11.3 Å². The van der Waals surface area contributed by atoms with E-state index in [2.05, 4.69) is 24.5 Å². The highest BCUT2D eigenvalue weighted by molar-refractivity contribution is 5.96. The van der Waals surface area contributed by atoms with Crippen LogP contribution in [-0.2, 0) is 4.79 Å². The number of nitrogens with one attached hydrogen (secondary N) is 2. The van der Waals surface area contributed by atoms with Gasteiger partial charge in [-0.15, -0.1) is 0 Å². The number of hydrogen-bond acceptors (Lipinski definition) is 3. The highest BCUT2D eigenvalue weighted by Gasteiger charge is 2.34. The lowest BCUT2D eigenvalue weighted by Crippen LogP contribution is -2.49. The Morgan fingerprint density at radius 1 is 1.21 bits per heavy atom. The summed E-state index contributed by atoms with van der Waals surface area (Å²) in [6.07, 6.45) is 6.18. The molecule has 1 atom stereocenters. The summed E-state index contributed by atoms with van der Waals surface area (Å²) in [4.78, 5) is 22.3. The molecular formula is C14H27N3O2. The molecule has 0 aliphatic heterocycles. The minimum absolute atomic E-state index is 0.315. The molecule has 1 saturated carbocycles. The minimum Gasteiger partial charge on any atom is -0.351 e. The summed E-state index contributed by atoms with van der Waals surface area (Å²) in [5.41, 5.74) is 5.26. The Morgan fingerprint density at radius 2 is 1.79 bits per heavy atom. The van der Waals surface area contributed by atoms with Gasteiger partial charge in [-0.25, -0.2) is 4.79 Å². The first kappa shape index (κ1) is 16.0. The van der Waals surface area contributed by atoms with Crippen molar-refractivity contribution in [3.63, 3.8) is 0 Å². The summed E-state index contributed by atoms with van der Waals surface area (Å²) in [6.45, 7) is 7.07. The molecule has 0 aromatic heterocycles. The summed E-state index contributed by atoms with van der Waals surface area (Å²) < 4.78 is 0. The van der Waals surface area contributed by atoms with Gasteiger partial charge in [0.05, 0.1) is 6.04 Å². The summed E-state index contributed by atoms with van der Waals surface area (Å²) in [6, 6.07) is -1.19. The van der Waals surface area contributed by atoms with E-state index in [1.54, 1.807) is 6.92 Å². The number of nitrogens with two attached hydrogens (primary N) is 1. The molecule has 1 unspecified atom stereocenters. The lowest BCUT2D eigenvalue weighted by Gasteiger charge is -2.32. The highest BCUT2D eigenvalue weighted by Crippen LogP contribution is 2.42. The molecule has 0 aromatic rings. The van der Waals surface area contributed by atoms with Crippen molar-refractivity contribution in [2.45, 2.75) is 58.9 Å². The Hall–Kier alpha value is -1.10. The fourth-order valence-electron chi connectivity index (χ4n) is 3.14. The first-order valence-corrected chi connectivity index (χ1v) is 7.18. The number of primary amides is 1. The van der Waals surface area contributed by atoms with E-state index in [9.17, 15) is 9.59 Å². The normalized spacial score (nSPS) is 19.4. The van der Waals surface area contributed by atoms with Gasteiger partial charge in [0.15, 0.2) is 0 Å². The van der Waals surface area contributed by atoms with E-state index in [1.807, 2.05) is 0 Å². The molecule has 0 aromatic carbocycles. The quantitative estimate of drug-likeness (QED) is 0.687. The zero-order valence-electron chi connectivity index (χ0n) is 12.3. The van der Waals surface area contributed by atoms with Gasteiger partial charge in [-0.05, 0) is 37.5 Å². The number of imide groups is 1. The van der Waals surface area contributed by atoms with Crippen molar-refractivity contribution in [2.75, 3.05) is 6.54 Å². The van der Waals surface area contributed by atoms with Crippen molar-refractivity contribution in [2.24, 2.45) is 17.1 Å². The highest BCUT2D eigenvalue weighted by atomic mass is 16.2. The number of amides is 3. The van der Waals surface area contributed by atoms with Gasteiger partial charge < -0.3 is 11.1 Å². The van der Waals surface area contributed by atoms with Crippen molar-refractivity contribution in [1.82, 2.24) is 10.6 Å². The molecule has 19 heavy (non-hydrogen) atoms. The van der Waals surface area contributed by atoms with E-state index in [4.69, 9.17) is 5.73 Å². The maximum absolute atomic E-state index is 11.6. The topological polar surface area (TPSA) is 84.2 Å². The molecule has 5 heteroatoms. The van der Waals surface area contributed by atoms with Crippen LogP contribution in [-0.4, -0.2) is 24.5 Å². The molecule has 3 amide bonds. The molecular weight excluding hydrogens is 242 g/mol. The predicted molar refractivity (Wildman–Crippen MR) is 75.5 cm³/mol. The summed E-state index contributed by atoms with van der Waals surface area (Å²) >= 11 is 0. The molecule has 0 bridgehead atoms. The Balaban J connectivity index is 2.48. The van der Waals surface area contributed by atoms with Crippen molar-refractivity contribution < 1.29 is 9.59 Å². The van der Waals surface area contributed by atoms with Crippen molar-refractivity contribution in [3.8, 4) is 0 Å². The SMILES string of the molecule is CC(C)CC1(CNC(C)C(=O)NC(N)=O)CCCC1. The van der Waals surface area contributed by atoms with Crippen molar-refractivity contribution >= 4 is 11.9 Å². The molecule has 0 radical (unpaired) electrons. The average molecular weight is 269 g/mol. The fraction of sp³-hybridized carbons (Fsp3) is 0.857. The van der Waals surface area contributed by atoms with Gasteiger partial charge in [0.25, 0.3) is 0 Å². The maximum Gasteiger partial charge on any atom is 0.318 e. The first-order chi connectivity index (χ1) is 8.84. The van der Waals surface area contributed by atoms with Crippen LogP contribution in [0.1, 0.15) is 52.9 Å². The van der Waals surface area contributed by atoms with Crippen LogP contribution in [0.5, 0.6) is 0 Å².